The molecule has 1 heterocycles. The smallest absolute Gasteiger partial charge is 0.306 e. The summed E-state index contributed by atoms with van der Waals surface area (Å²) in [7, 11) is -2.18. The predicted molar refractivity (Wildman–Crippen MR) is 202 cm³/mol. The molecule has 1 aliphatic rings. The summed E-state index contributed by atoms with van der Waals surface area (Å²) in [6, 6.07) is 0. The van der Waals surface area contributed by atoms with Crippen molar-refractivity contribution in [3.05, 3.63) is 0 Å². The fraction of sp³-hybridized carbons (Fsp3) is 0.950. The highest BCUT2D eigenvalue weighted by Crippen LogP contribution is 2.37. The molecule has 0 saturated carbocycles. The summed E-state index contributed by atoms with van der Waals surface area (Å²) in [5.74, 6) is -0.956. The van der Waals surface area contributed by atoms with Crippen LogP contribution in [0.4, 0.5) is 0 Å². The van der Waals surface area contributed by atoms with E-state index in [-0.39, 0.29) is 24.5 Å². The lowest BCUT2D eigenvalue weighted by Crippen LogP contribution is -2.62. The predicted octanol–water partition coefficient (Wildman–Crippen LogP) is 10.3. The summed E-state index contributed by atoms with van der Waals surface area (Å²) < 4.78 is 23.5. The highest BCUT2D eigenvalue weighted by molar-refractivity contribution is 6.74. The maximum atomic E-state index is 13.0. The number of aliphatic hydroxyl groups excluding tert-OH is 2. The molecule has 0 aromatic heterocycles. The van der Waals surface area contributed by atoms with Crippen molar-refractivity contribution in [2.24, 2.45) is 0 Å². The molecule has 2 N–H and O–H groups in total. The molecule has 0 aromatic rings. The van der Waals surface area contributed by atoms with Gasteiger partial charge in [0.25, 0.3) is 0 Å². The summed E-state index contributed by atoms with van der Waals surface area (Å²) in [6.45, 7) is 15.1. The van der Waals surface area contributed by atoms with Gasteiger partial charge in [-0.15, -0.1) is 0 Å². The highest BCUT2D eigenvalue weighted by Gasteiger charge is 2.50. The molecule has 0 aromatic carbocycles. The standard InChI is InChI=1S/C40H78O8Si/c1-8-10-12-14-16-18-20-22-24-26-28-30-34(41)47-37-36(43)33(32-45-49(6,7)40(3,4)5)46-39(44)38(37)48-35(42)31-29-27-25-23-21-19-17-15-13-11-9-2/h33,36-39,43-44H,8-32H2,1-7H3/t33-,36-,37+,38-,39+/m1/s1. The minimum absolute atomic E-state index is 0.0424. The van der Waals surface area contributed by atoms with E-state index >= 15 is 0 Å². The Morgan fingerprint density at radius 1 is 0.592 bits per heavy atom. The first-order valence-corrected chi connectivity index (χ1v) is 23.3. The van der Waals surface area contributed by atoms with Gasteiger partial charge in [-0.25, -0.2) is 0 Å². The lowest BCUT2D eigenvalue weighted by molar-refractivity contribution is -0.293. The van der Waals surface area contributed by atoms with Gasteiger partial charge < -0.3 is 28.8 Å². The van der Waals surface area contributed by atoms with Crippen LogP contribution in [0.2, 0.25) is 18.1 Å². The Bertz CT molecular complexity index is 845. The monoisotopic (exact) mass is 715 g/mol. The third kappa shape index (κ3) is 20.6. The number of hydrogen-bond acceptors (Lipinski definition) is 8. The van der Waals surface area contributed by atoms with Gasteiger partial charge in [-0.1, -0.05) is 163 Å². The molecule has 0 radical (unpaired) electrons. The van der Waals surface area contributed by atoms with Crippen molar-refractivity contribution < 1.29 is 38.4 Å². The van der Waals surface area contributed by atoms with E-state index < -0.39 is 51.0 Å². The minimum Gasteiger partial charge on any atom is -0.455 e. The van der Waals surface area contributed by atoms with Crippen LogP contribution in [0, 0.1) is 0 Å². The van der Waals surface area contributed by atoms with Gasteiger partial charge in [0.1, 0.15) is 12.2 Å². The topological polar surface area (TPSA) is 112 Å². The molecule has 9 heteroatoms. The molecular weight excluding hydrogens is 637 g/mol. The van der Waals surface area contributed by atoms with Gasteiger partial charge in [0.15, 0.2) is 26.8 Å². The van der Waals surface area contributed by atoms with Crippen LogP contribution >= 0.6 is 0 Å². The quantitative estimate of drug-likeness (QED) is 0.0447. The molecule has 1 rings (SSSR count). The van der Waals surface area contributed by atoms with E-state index in [0.29, 0.717) is 12.8 Å². The number of ether oxygens (including phenoxy) is 3. The molecule has 1 fully saturated rings. The zero-order chi connectivity index (χ0) is 36.5. The maximum absolute atomic E-state index is 13.0. The third-order valence-corrected chi connectivity index (χ3v) is 15.1. The molecule has 0 amide bonds. The number of unbranched alkanes of at least 4 members (excludes halogenated alkanes) is 20. The Kier molecular flexibility index (Phi) is 25.1. The zero-order valence-corrected chi connectivity index (χ0v) is 33.9. The molecular formula is C40H78O8Si. The second-order valence-corrected chi connectivity index (χ2v) is 20.9. The van der Waals surface area contributed by atoms with Crippen molar-refractivity contribution in [2.75, 3.05) is 6.61 Å². The lowest BCUT2D eigenvalue weighted by Gasteiger charge is -2.43. The van der Waals surface area contributed by atoms with Gasteiger partial charge in [0, 0.05) is 12.8 Å². The number of hydrogen-bond donors (Lipinski definition) is 2. The maximum Gasteiger partial charge on any atom is 0.306 e. The molecule has 1 saturated heterocycles. The van der Waals surface area contributed by atoms with Gasteiger partial charge in [0.05, 0.1) is 6.61 Å². The number of carbonyl (C=O) groups is 2. The Morgan fingerprint density at radius 3 is 1.31 bits per heavy atom. The minimum atomic E-state index is -2.18. The van der Waals surface area contributed by atoms with E-state index in [1.807, 2.05) is 0 Å². The molecule has 49 heavy (non-hydrogen) atoms. The van der Waals surface area contributed by atoms with Crippen LogP contribution in [0.25, 0.3) is 0 Å². The van der Waals surface area contributed by atoms with Crippen LogP contribution in [-0.2, 0) is 28.2 Å². The SMILES string of the molecule is CCCCCCCCCCCCCC(=O)O[C@@H]1[C@@H](OC(=O)CCCCCCCCCCCCC)[C@H](O)[C@@H](CO[Si](C)(C)C(C)(C)C)O[C@@H]1O. The number of esters is 2. The van der Waals surface area contributed by atoms with Gasteiger partial charge in [-0.3, -0.25) is 9.59 Å². The average molecular weight is 715 g/mol. The van der Waals surface area contributed by atoms with E-state index in [9.17, 15) is 19.8 Å². The first-order chi connectivity index (χ1) is 23.3. The van der Waals surface area contributed by atoms with Crippen LogP contribution in [0.5, 0.6) is 0 Å². The van der Waals surface area contributed by atoms with Crippen molar-refractivity contribution in [3.63, 3.8) is 0 Å². The largest absolute Gasteiger partial charge is 0.455 e. The van der Waals surface area contributed by atoms with Crippen molar-refractivity contribution in [2.45, 2.75) is 238 Å². The summed E-state index contributed by atoms with van der Waals surface area (Å²) in [5.41, 5.74) is 0. The average Bonchev–Trinajstić information content (AvgIpc) is 3.04. The summed E-state index contributed by atoms with van der Waals surface area (Å²) in [6.07, 6.45) is 20.0. The highest BCUT2D eigenvalue weighted by atomic mass is 28.4. The molecule has 290 valence electrons. The lowest BCUT2D eigenvalue weighted by atomic mass is 9.98. The van der Waals surface area contributed by atoms with Crippen LogP contribution in [0.1, 0.15) is 189 Å². The molecule has 5 atom stereocenters. The number of aliphatic hydroxyl groups is 2. The molecule has 8 nitrogen and oxygen atoms in total. The first kappa shape index (κ1) is 46.0. The first-order valence-electron chi connectivity index (χ1n) is 20.4. The van der Waals surface area contributed by atoms with Crippen LogP contribution in [0.3, 0.4) is 0 Å². The van der Waals surface area contributed by atoms with Crippen LogP contribution in [-0.4, -0.2) is 67.8 Å². The Morgan fingerprint density at radius 2 is 0.939 bits per heavy atom. The summed E-state index contributed by atoms with van der Waals surface area (Å²) in [4.78, 5) is 25.8. The van der Waals surface area contributed by atoms with Crippen molar-refractivity contribution in [1.82, 2.24) is 0 Å². The Hall–Kier alpha value is -1.00. The third-order valence-electron chi connectivity index (χ3n) is 10.6. The number of rotatable bonds is 29. The van der Waals surface area contributed by atoms with E-state index in [1.54, 1.807) is 0 Å². The molecule has 0 spiro atoms. The van der Waals surface area contributed by atoms with Gasteiger partial charge >= 0.3 is 11.9 Å². The van der Waals surface area contributed by atoms with Gasteiger partial charge in [0.2, 0.25) is 0 Å². The van der Waals surface area contributed by atoms with Crippen molar-refractivity contribution in [3.8, 4) is 0 Å². The van der Waals surface area contributed by atoms with Crippen LogP contribution in [0.15, 0.2) is 0 Å². The normalized spacial score (nSPS) is 21.5. The fourth-order valence-corrected chi connectivity index (χ4v) is 7.11. The summed E-state index contributed by atoms with van der Waals surface area (Å²) in [5, 5.41) is 22.3. The fourth-order valence-electron chi connectivity index (χ4n) is 6.10. The molecule has 0 aliphatic carbocycles. The molecule has 0 unspecified atom stereocenters. The molecule has 1 aliphatic heterocycles. The van der Waals surface area contributed by atoms with Gasteiger partial charge in [-0.2, -0.15) is 0 Å². The zero-order valence-electron chi connectivity index (χ0n) is 32.9. The van der Waals surface area contributed by atoms with E-state index in [2.05, 4.69) is 47.7 Å². The number of carbonyl (C=O) groups excluding carboxylic acids is 2. The van der Waals surface area contributed by atoms with Gasteiger partial charge in [-0.05, 0) is 31.0 Å². The second-order valence-electron chi connectivity index (χ2n) is 16.1. The van der Waals surface area contributed by atoms with E-state index in [0.717, 1.165) is 25.7 Å². The summed E-state index contributed by atoms with van der Waals surface area (Å²) >= 11 is 0. The molecule has 0 bridgehead atoms. The van der Waals surface area contributed by atoms with E-state index in [4.69, 9.17) is 18.6 Å². The second kappa shape index (κ2) is 26.7. The van der Waals surface area contributed by atoms with E-state index in [1.165, 1.54) is 103 Å². The Labute approximate surface area is 302 Å². The Balaban J connectivity index is 2.61. The van der Waals surface area contributed by atoms with Crippen LogP contribution < -0.4 is 0 Å². The van der Waals surface area contributed by atoms with Crippen molar-refractivity contribution in [1.29, 1.82) is 0 Å². The van der Waals surface area contributed by atoms with Crippen molar-refractivity contribution >= 4 is 20.3 Å².